The van der Waals surface area contributed by atoms with E-state index in [1.165, 1.54) is 12.1 Å². The van der Waals surface area contributed by atoms with Crippen LogP contribution >= 0.6 is 11.3 Å². The van der Waals surface area contributed by atoms with Gasteiger partial charge in [-0.3, -0.25) is 0 Å². The van der Waals surface area contributed by atoms with Crippen LogP contribution in [-0.4, -0.2) is 9.97 Å². The Morgan fingerprint density at radius 1 is 1.12 bits per heavy atom. The summed E-state index contributed by atoms with van der Waals surface area (Å²) in [6, 6.07) is 8.52. The van der Waals surface area contributed by atoms with E-state index in [1.807, 2.05) is 13.0 Å². The van der Waals surface area contributed by atoms with E-state index in [9.17, 15) is 4.39 Å². The molecule has 4 heteroatoms. The fourth-order valence-corrected chi connectivity index (χ4v) is 2.79. The predicted octanol–water partition coefficient (Wildman–Crippen LogP) is 3.81. The highest BCUT2D eigenvalue weighted by molar-refractivity contribution is 7.22. The van der Waals surface area contributed by atoms with Gasteiger partial charge < -0.3 is 0 Å². The van der Waals surface area contributed by atoms with Gasteiger partial charge in [-0.2, -0.15) is 0 Å². The van der Waals surface area contributed by atoms with Gasteiger partial charge in [0.15, 0.2) is 0 Å². The summed E-state index contributed by atoms with van der Waals surface area (Å²) in [5.41, 5.74) is 2.93. The zero-order chi connectivity index (χ0) is 11.8. The lowest BCUT2D eigenvalue weighted by Crippen LogP contribution is -1.81. The highest BCUT2D eigenvalue weighted by Gasteiger charge is 2.07. The van der Waals surface area contributed by atoms with Crippen molar-refractivity contribution >= 4 is 21.6 Å². The number of halogens is 1. The lowest BCUT2D eigenvalue weighted by Gasteiger charge is -1.95. The summed E-state index contributed by atoms with van der Waals surface area (Å²) in [4.78, 5) is 9.49. The number of aromatic nitrogens is 2. The Hall–Kier alpha value is -1.81. The normalized spacial score (nSPS) is 10.9. The minimum atomic E-state index is -0.217. The van der Waals surface area contributed by atoms with E-state index in [-0.39, 0.29) is 5.82 Å². The average molecular weight is 244 g/mol. The lowest BCUT2D eigenvalue weighted by atomic mass is 10.2. The van der Waals surface area contributed by atoms with E-state index in [0.717, 1.165) is 26.4 Å². The molecule has 3 rings (SSSR count). The molecule has 0 aliphatic carbocycles. The summed E-state index contributed by atoms with van der Waals surface area (Å²) in [5, 5.41) is 0. The lowest BCUT2D eigenvalue weighted by molar-refractivity contribution is 0.628. The molecule has 3 aromatic rings. The molecule has 0 unspecified atom stereocenters. The van der Waals surface area contributed by atoms with Gasteiger partial charge in [0, 0.05) is 4.88 Å². The smallest absolute Gasteiger partial charge is 0.123 e. The molecule has 0 atom stereocenters. The third-order valence-corrected chi connectivity index (χ3v) is 3.90. The highest BCUT2D eigenvalue weighted by atomic mass is 32.1. The van der Waals surface area contributed by atoms with Gasteiger partial charge in [-0.05, 0) is 30.7 Å². The molecule has 17 heavy (non-hydrogen) atoms. The number of hydrogen-bond acceptors (Lipinski definition) is 3. The van der Waals surface area contributed by atoms with Crippen molar-refractivity contribution < 1.29 is 4.39 Å². The first-order valence-electron chi connectivity index (χ1n) is 5.21. The highest BCUT2D eigenvalue weighted by Crippen LogP contribution is 2.33. The molecule has 0 fully saturated rings. The van der Waals surface area contributed by atoms with Crippen molar-refractivity contribution in [3.63, 3.8) is 0 Å². The third kappa shape index (κ3) is 1.80. The Labute approximate surface area is 102 Å². The first-order chi connectivity index (χ1) is 8.24. The molecule has 0 amide bonds. The molecule has 0 aliphatic rings. The van der Waals surface area contributed by atoms with Crippen molar-refractivity contribution in [1.82, 2.24) is 9.97 Å². The van der Waals surface area contributed by atoms with Gasteiger partial charge in [0.05, 0.1) is 15.9 Å². The molecular formula is C13H9FN2S. The molecule has 84 valence electrons. The van der Waals surface area contributed by atoms with Crippen molar-refractivity contribution in [2.24, 2.45) is 0 Å². The van der Waals surface area contributed by atoms with Gasteiger partial charge >= 0.3 is 0 Å². The first-order valence-corrected chi connectivity index (χ1v) is 6.03. The molecule has 2 heterocycles. The summed E-state index contributed by atoms with van der Waals surface area (Å²) >= 11 is 1.64. The Kier molecular flexibility index (Phi) is 2.37. The summed E-state index contributed by atoms with van der Waals surface area (Å²) in [7, 11) is 0. The van der Waals surface area contributed by atoms with Gasteiger partial charge in [-0.15, -0.1) is 11.3 Å². The Balaban J connectivity index is 2.18. The second-order valence-corrected chi connectivity index (χ2v) is 4.84. The molecule has 1 aromatic carbocycles. The fourth-order valence-electron chi connectivity index (χ4n) is 1.73. The van der Waals surface area contributed by atoms with Crippen LogP contribution in [0.5, 0.6) is 0 Å². The van der Waals surface area contributed by atoms with Gasteiger partial charge in [-0.25, -0.2) is 14.4 Å². The molecule has 0 aliphatic heterocycles. The number of aryl methyl sites for hydroxylation is 1. The monoisotopic (exact) mass is 244 g/mol. The predicted molar refractivity (Wildman–Crippen MR) is 67.5 cm³/mol. The number of fused-ring (bicyclic) bond motifs is 1. The van der Waals surface area contributed by atoms with Crippen LogP contribution in [0.25, 0.3) is 20.7 Å². The maximum Gasteiger partial charge on any atom is 0.123 e. The van der Waals surface area contributed by atoms with Crippen LogP contribution in [0, 0.1) is 12.7 Å². The summed E-state index contributed by atoms with van der Waals surface area (Å²) in [6.45, 7) is 1.97. The standard InChI is InChI=1S/C13H9FN2S/c1-8-13-11(16-7-15-8)6-12(17-13)9-2-4-10(14)5-3-9/h2-7H,1H3. The van der Waals surface area contributed by atoms with Crippen molar-refractivity contribution in [1.29, 1.82) is 0 Å². The number of hydrogen-bond donors (Lipinski definition) is 0. The molecular weight excluding hydrogens is 235 g/mol. The van der Waals surface area contributed by atoms with Gasteiger partial charge in [0.25, 0.3) is 0 Å². The number of thiophene rings is 1. The molecule has 2 nitrogen and oxygen atoms in total. The largest absolute Gasteiger partial charge is 0.240 e. The van der Waals surface area contributed by atoms with Gasteiger partial charge in [0.2, 0.25) is 0 Å². The summed E-state index contributed by atoms with van der Waals surface area (Å²) in [6.07, 6.45) is 1.57. The molecule has 0 saturated heterocycles. The van der Waals surface area contributed by atoms with Crippen LogP contribution in [0.15, 0.2) is 36.7 Å². The van der Waals surface area contributed by atoms with E-state index in [1.54, 1.807) is 29.8 Å². The Bertz CT molecular complexity index is 673. The SMILES string of the molecule is Cc1ncnc2cc(-c3ccc(F)cc3)sc12. The third-order valence-electron chi connectivity index (χ3n) is 2.62. The second-order valence-electron chi connectivity index (χ2n) is 3.79. The van der Waals surface area contributed by atoms with Crippen LogP contribution in [0.4, 0.5) is 4.39 Å². The minimum absolute atomic E-state index is 0.217. The number of benzene rings is 1. The van der Waals surface area contributed by atoms with Gasteiger partial charge in [0.1, 0.15) is 12.1 Å². The first kappa shape index (κ1) is 10.4. The topological polar surface area (TPSA) is 25.8 Å². The van der Waals surface area contributed by atoms with Crippen LogP contribution in [0.3, 0.4) is 0 Å². The Morgan fingerprint density at radius 3 is 2.59 bits per heavy atom. The average Bonchev–Trinajstić information content (AvgIpc) is 2.75. The maximum absolute atomic E-state index is 12.9. The molecule has 0 spiro atoms. The second kappa shape index (κ2) is 3.89. The summed E-state index contributed by atoms with van der Waals surface area (Å²) in [5.74, 6) is -0.217. The number of nitrogens with zero attached hydrogens (tertiary/aromatic N) is 2. The zero-order valence-electron chi connectivity index (χ0n) is 9.14. The van der Waals surface area contributed by atoms with E-state index < -0.39 is 0 Å². The minimum Gasteiger partial charge on any atom is -0.240 e. The quantitative estimate of drug-likeness (QED) is 0.650. The molecule has 0 N–H and O–H groups in total. The van der Waals surface area contributed by atoms with E-state index in [0.29, 0.717) is 0 Å². The zero-order valence-corrected chi connectivity index (χ0v) is 9.96. The van der Waals surface area contributed by atoms with E-state index >= 15 is 0 Å². The van der Waals surface area contributed by atoms with Crippen molar-refractivity contribution in [3.8, 4) is 10.4 Å². The van der Waals surface area contributed by atoms with Crippen LogP contribution in [0.1, 0.15) is 5.69 Å². The van der Waals surface area contributed by atoms with Crippen LogP contribution in [0.2, 0.25) is 0 Å². The Morgan fingerprint density at radius 2 is 1.88 bits per heavy atom. The van der Waals surface area contributed by atoms with Gasteiger partial charge in [-0.1, -0.05) is 12.1 Å². The van der Waals surface area contributed by atoms with Crippen molar-refractivity contribution in [2.75, 3.05) is 0 Å². The van der Waals surface area contributed by atoms with Crippen molar-refractivity contribution in [3.05, 3.63) is 48.2 Å². The van der Waals surface area contributed by atoms with Crippen LogP contribution in [-0.2, 0) is 0 Å². The summed E-state index contributed by atoms with van der Waals surface area (Å²) < 4.78 is 13.9. The maximum atomic E-state index is 12.9. The molecule has 0 bridgehead atoms. The molecule has 0 saturated carbocycles. The van der Waals surface area contributed by atoms with E-state index in [2.05, 4.69) is 9.97 Å². The fraction of sp³-hybridized carbons (Fsp3) is 0.0769. The van der Waals surface area contributed by atoms with E-state index in [4.69, 9.17) is 0 Å². The molecule has 2 aromatic heterocycles. The van der Waals surface area contributed by atoms with Crippen molar-refractivity contribution in [2.45, 2.75) is 6.92 Å². The van der Waals surface area contributed by atoms with Crippen LogP contribution < -0.4 is 0 Å². The number of rotatable bonds is 1. The molecule has 0 radical (unpaired) electrons.